The Balaban J connectivity index is 2.08. The zero-order chi connectivity index (χ0) is 10.6. The van der Waals surface area contributed by atoms with Crippen molar-refractivity contribution in [3.05, 3.63) is 0 Å². The highest BCUT2D eigenvalue weighted by Crippen LogP contribution is 2.07. The van der Waals surface area contributed by atoms with Crippen LogP contribution in [0.3, 0.4) is 0 Å². The molecule has 6 heteroatoms. The Bertz CT molecular complexity index is 227. The van der Waals surface area contributed by atoms with Crippen LogP contribution in [-0.4, -0.2) is 47.8 Å². The van der Waals surface area contributed by atoms with E-state index in [0.717, 1.165) is 19.5 Å². The van der Waals surface area contributed by atoms with Crippen LogP contribution in [0.25, 0.3) is 0 Å². The van der Waals surface area contributed by atoms with Crippen molar-refractivity contribution < 1.29 is 19.4 Å². The quantitative estimate of drug-likeness (QED) is 0.648. The second-order valence-electron chi connectivity index (χ2n) is 3.19. The zero-order valence-electron chi connectivity index (χ0n) is 7.81. The van der Waals surface area contributed by atoms with Gasteiger partial charge >= 0.3 is 12.1 Å². The maximum atomic E-state index is 11.1. The minimum atomic E-state index is -1.08. The van der Waals surface area contributed by atoms with Crippen molar-refractivity contribution in [2.24, 2.45) is 5.73 Å². The number of likely N-dealkylation sites (tertiary alicyclic amines) is 1. The first kappa shape index (κ1) is 10.8. The standard InChI is InChI=1S/C8H14N2O4/c9-6(7(11)12)2-5-14-8(13)10-3-1-4-10/h6H,1-5,9H2,(H,11,12)/t6-/m0/s1. The van der Waals surface area contributed by atoms with Gasteiger partial charge in [0.05, 0.1) is 6.61 Å². The first-order valence-corrected chi connectivity index (χ1v) is 4.51. The van der Waals surface area contributed by atoms with Gasteiger partial charge in [0.15, 0.2) is 0 Å². The van der Waals surface area contributed by atoms with E-state index in [1.165, 1.54) is 0 Å². The van der Waals surface area contributed by atoms with E-state index >= 15 is 0 Å². The van der Waals surface area contributed by atoms with E-state index in [-0.39, 0.29) is 19.1 Å². The summed E-state index contributed by atoms with van der Waals surface area (Å²) in [5, 5.41) is 8.44. The summed E-state index contributed by atoms with van der Waals surface area (Å²) < 4.78 is 4.81. The summed E-state index contributed by atoms with van der Waals surface area (Å²) in [5.74, 6) is -1.08. The average molecular weight is 202 g/mol. The Morgan fingerprint density at radius 2 is 2.14 bits per heavy atom. The molecule has 0 saturated carbocycles. The van der Waals surface area contributed by atoms with Crippen LogP contribution in [-0.2, 0) is 9.53 Å². The van der Waals surface area contributed by atoms with Gasteiger partial charge in [0.25, 0.3) is 0 Å². The Kier molecular flexibility index (Phi) is 3.70. The molecular weight excluding hydrogens is 188 g/mol. The van der Waals surface area contributed by atoms with Crippen molar-refractivity contribution in [2.75, 3.05) is 19.7 Å². The van der Waals surface area contributed by atoms with Gasteiger partial charge in [0.1, 0.15) is 6.04 Å². The summed E-state index contributed by atoms with van der Waals surface area (Å²) in [5.41, 5.74) is 5.22. The number of carbonyl (C=O) groups excluding carboxylic acids is 1. The van der Waals surface area contributed by atoms with Crippen LogP contribution in [0.2, 0.25) is 0 Å². The topological polar surface area (TPSA) is 92.9 Å². The molecule has 1 fully saturated rings. The smallest absolute Gasteiger partial charge is 0.409 e. The van der Waals surface area contributed by atoms with Crippen LogP contribution in [0.1, 0.15) is 12.8 Å². The first-order valence-electron chi connectivity index (χ1n) is 4.51. The van der Waals surface area contributed by atoms with E-state index in [9.17, 15) is 9.59 Å². The third-order valence-corrected chi connectivity index (χ3v) is 2.09. The molecule has 0 aromatic carbocycles. The van der Waals surface area contributed by atoms with Crippen molar-refractivity contribution >= 4 is 12.1 Å². The highest BCUT2D eigenvalue weighted by molar-refractivity contribution is 5.73. The van der Waals surface area contributed by atoms with Crippen LogP contribution in [0, 0.1) is 0 Å². The van der Waals surface area contributed by atoms with Gasteiger partial charge in [-0.25, -0.2) is 4.79 Å². The third-order valence-electron chi connectivity index (χ3n) is 2.09. The number of hydrogen-bond donors (Lipinski definition) is 2. The molecule has 1 saturated heterocycles. The maximum absolute atomic E-state index is 11.1. The van der Waals surface area contributed by atoms with E-state index in [1.54, 1.807) is 4.90 Å². The zero-order valence-corrected chi connectivity index (χ0v) is 7.81. The number of aliphatic carboxylic acids is 1. The van der Waals surface area contributed by atoms with Gasteiger partial charge in [-0.15, -0.1) is 0 Å². The van der Waals surface area contributed by atoms with Crippen LogP contribution in [0.5, 0.6) is 0 Å². The number of ether oxygens (including phenoxy) is 1. The summed E-state index contributed by atoms with van der Waals surface area (Å²) in [6.07, 6.45) is 0.771. The Labute approximate surface area is 81.6 Å². The Morgan fingerprint density at radius 1 is 1.50 bits per heavy atom. The SMILES string of the molecule is N[C@@H](CCOC(=O)N1CCC1)C(=O)O. The second kappa shape index (κ2) is 4.80. The molecule has 0 aliphatic carbocycles. The maximum Gasteiger partial charge on any atom is 0.409 e. The average Bonchev–Trinajstić information content (AvgIpc) is 2.00. The van der Waals surface area contributed by atoms with Crippen molar-refractivity contribution in [3.63, 3.8) is 0 Å². The van der Waals surface area contributed by atoms with E-state index in [4.69, 9.17) is 15.6 Å². The molecule has 1 rings (SSSR count). The molecule has 1 atom stereocenters. The number of nitrogens with zero attached hydrogens (tertiary/aromatic N) is 1. The molecule has 0 aromatic rings. The molecule has 3 N–H and O–H groups in total. The monoisotopic (exact) mass is 202 g/mol. The molecule has 0 radical (unpaired) electrons. The normalized spacial score (nSPS) is 17.1. The molecule has 80 valence electrons. The molecule has 0 bridgehead atoms. The molecule has 1 aliphatic rings. The fourth-order valence-electron chi connectivity index (χ4n) is 0.987. The van der Waals surface area contributed by atoms with Gasteiger partial charge in [0.2, 0.25) is 0 Å². The number of carboxylic acid groups (broad SMARTS) is 1. The predicted molar refractivity (Wildman–Crippen MR) is 47.8 cm³/mol. The molecule has 0 spiro atoms. The van der Waals surface area contributed by atoms with Crippen molar-refractivity contribution in [1.29, 1.82) is 0 Å². The lowest BCUT2D eigenvalue weighted by Crippen LogP contribution is -2.43. The molecule has 6 nitrogen and oxygen atoms in total. The van der Waals surface area contributed by atoms with Crippen LogP contribution in [0.15, 0.2) is 0 Å². The summed E-state index contributed by atoms with van der Waals surface area (Å²) in [6.45, 7) is 1.51. The molecule has 14 heavy (non-hydrogen) atoms. The summed E-state index contributed by atoms with van der Waals surface area (Å²) in [4.78, 5) is 23.0. The molecule has 1 aliphatic heterocycles. The minimum Gasteiger partial charge on any atom is -0.480 e. The fourth-order valence-corrected chi connectivity index (χ4v) is 0.987. The lowest BCUT2D eigenvalue weighted by atomic mass is 10.2. The summed E-state index contributed by atoms with van der Waals surface area (Å²) in [7, 11) is 0. The van der Waals surface area contributed by atoms with Gasteiger partial charge in [-0.2, -0.15) is 0 Å². The van der Waals surface area contributed by atoms with E-state index in [0.29, 0.717) is 0 Å². The van der Waals surface area contributed by atoms with Crippen molar-refractivity contribution in [1.82, 2.24) is 4.90 Å². The molecule has 1 amide bonds. The highest BCUT2D eigenvalue weighted by Gasteiger charge is 2.21. The van der Waals surface area contributed by atoms with Crippen LogP contribution in [0.4, 0.5) is 4.79 Å². The van der Waals surface area contributed by atoms with E-state index in [1.807, 2.05) is 0 Å². The second-order valence-corrected chi connectivity index (χ2v) is 3.19. The third kappa shape index (κ3) is 2.88. The van der Waals surface area contributed by atoms with Gasteiger partial charge in [-0.05, 0) is 6.42 Å². The molecule has 0 aromatic heterocycles. The number of carboxylic acids is 1. The largest absolute Gasteiger partial charge is 0.480 e. The van der Waals surface area contributed by atoms with E-state index in [2.05, 4.69) is 0 Å². The molecular formula is C8H14N2O4. The van der Waals surface area contributed by atoms with Gasteiger partial charge in [0, 0.05) is 19.5 Å². The number of rotatable bonds is 4. The number of hydrogen-bond acceptors (Lipinski definition) is 4. The molecule has 0 unspecified atom stereocenters. The lowest BCUT2D eigenvalue weighted by molar-refractivity contribution is -0.138. The molecule has 1 heterocycles. The highest BCUT2D eigenvalue weighted by atomic mass is 16.6. The Hall–Kier alpha value is -1.30. The summed E-state index contributed by atoms with van der Waals surface area (Å²) >= 11 is 0. The first-order chi connectivity index (χ1) is 6.61. The fraction of sp³-hybridized carbons (Fsp3) is 0.750. The van der Waals surface area contributed by atoms with Gasteiger partial charge < -0.3 is 20.5 Å². The number of nitrogens with two attached hydrogens (primary N) is 1. The van der Waals surface area contributed by atoms with Gasteiger partial charge in [-0.1, -0.05) is 0 Å². The summed E-state index contributed by atoms with van der Waals surface area (Å²) in [6, 6.07) is -0.959. The predicted octanol–water partition coefficient (Wildman–Crippen LogP) is -0.369. The number of carbonyl (C=O) groups is 2. The number of amides is 1. The lowest BCUT2D eigenvalue weighted by Gasteiger charge is -2.29. The van der Waals surface area contributed by atoms with Crippen LogP contribution < -0.4 is 5.73 Å². The van der Waals surface area contributed by atoms with Crippen molar-refractivity contribution in [2.45, 2.75) is 18.9 Å². The van der Waals surface area contributed by atoms with Crippen molar-refractivity contribution in [3.8, 4) is 0 Å². The Morgan fingerprint density at radius 3 is 2.57 bits per heavy atom. The van der Waals surface area contributed by atoms with Crippen LogP contribution >= 0.6 is 0 Å². The minimum absolute atomic E-state index is 0.0583. The van der Waals surface area contributed by atoms with E-state index < -0.39 is 12.0 Å². The van der Waals surface area contributed by atoms with Gasteiger partial charge in [-0.3, -0.25) is 4.79 Å².